The molecule has 7 nitrogen and oxygen atoms in total. The summed E-state index contributed by atoms with van der Waals surface area (Å²) in [5.74, 6) is 0.0417. The Morgan fingerprint density at radius 1 is 1.19 bits per heavy atom. The van der Waals surface area contributed by atoms with Crippen molar-refractivity contribution in [3.05, 3.63) is 84.1 Å². The van der Waals surface area contributed by atoms with Gasteiger partial charge >= 0.3 is 0 Å². The lowest BCUT2D eigenvalue weighted by molar-refractivity contribution is 0.0885. The number of nitrogens with one attached hydrogen (secondary N) is 1. The van der Waals surface area contributed by atoms with Gasteiger partial charge in [-0.3, -0.25) is 9.78 Å². The van der Waals surface area contributed by atoms with E-state index in [1.165, 1.54) is 6.33 Å². The van der Waals surface area contributed by atoms with Crippen molar-refractivity contribution in [2.45, 2.75) is 32.9 Å². The Kier molecular flexibility index (Phi) is 5.52. The van der Waals surface area contributed by atoms with Crippen molar-refractivity contribution in [2.75, 3.05) is 0 Å². The zero-order valence-electron chi connectivity index (χ0n) is 17.9. The van der Waals surface area contributed by atoms with Crippen LogP contribution in [0.4, 0.5) is 0 Å². The van der Waals surface area contributed by atoms with E-state index >= 15 is 0 Å². The summed E-state index contributed by atoms with van der Waals surface area (Å²) in [7, 11) is 0. The molecular weight excluding hydrogens is 388 g/mol. The Labute approximate surface area is 181 Å². The van der Waals surface area contributed by atoms with Crippen LogP contribution in [0.5, 0.6) is 0 Å². The summed E-state index contributed by atoms with van der Waals surface area (Å²) in [6, 6.07) is 15.1. The molecule has 3 N–H and O–H groups in total. The van der Waals surface area contributed by atoms with Crippen LogP contribution in [-0.2, 0) is 5.66 Å². The van der Waals surface area contributed by atoms with Gasteiger partial charge in [0, 0.05) is 17.1 Å². The van der Waals surface area contributed by atoms with Gasteiger partial charge in [0.25, 0.3) is 5.91 Å². The molecule has 7 heteroatoms. The molecule has 0 saturated heterocycles. The molecule has 2 aromatic heterocycles. The molecule has 0 aliphatic carbocycles. The average Bonchev–Trinajstić information content (AvgIpc) is 3.27. The smallest absolute Gasteiger partial charge is 0.252 e. The lowest BCUT2D eigenvalue weighted by Gasteiger charge is -2.34. The number of benzene rings is 2. The topological polar surface area (TPSA) is 98.7 Å². The van der Waals surface area contributed by atoms with Crippen LogP contribution < -0.4 is 11.1 Å². The molecule has 1 unspecified atom stereocenters. The van der Waals surface area contributed by atoms with Crippen LogP contribution in [0.2, 0.25) is 0 Å². The average molecular weight is 415 g/mol. The molecule has 0 bridgehead atoms. The number of carbonyl (C=O) groups is 1. The van der Waals surface area contributed by atoms with Crippen molar-refractivity contribution in [1.29, 1.82) is 0 Å². The quantitative estimate of drug-likeness (QED) is 0.469. The number of aromatic nitrogens is 4. The zero-order chi connectivity index (χ0) is 22.0. The van der Waals surface area contributed by atoms with Gasteiger partial charge in [-0.1, -0.05) is 32.0 Å². The normalized spacial score (nSPS) is 13.3. The summed E-state index contributed by atoms with van der Waals surface area (Å²) in [6.45, 7) is 6.17. The molecule has 0 radical (unpaired) electrons. The number of amides is 1. The third-order valence-corrected chi connectivity index (χ3v) is 5.38. The highest BCUT2D eigenvalue weighted by Gasteiger charge is 2.33. The fourth-order valence-electron chi connectivity index (χ4n) is 4.05. The number of carbonyl (C=O) groups excluding carboxylic acids is 1. The molecule has 0 fully saturated rings. The highest BCUT2D eigenvalue weighted by atomic mass is 16.1. The summed E-state index contributed by atoms with van der Waals surface area (Å²) in [4.78, 5) is 21.6. The standard InChI is InChI=1S/C24H26N6O/c1-16(2)13-24(25,20-7-4-8-22(17(20)3)30-15-26-14-28-30)29-23(31)19-9-10-21-18(12-19)6-5-11-27-21/h4-12,14-16H,13,25H2,1-3H3,(H,29,31). The predicted octanol–water partition coefficient (Wildman–Crippen LogP) is 3.71. The molecule has 1 amide bonds. The van der Waals surface area contributed by atoms with Gasteiger partial charge in [0.1, 0.15) is 18.3 Å². The van der Waals surface area contributed by atoms with Crippen LogP contribution in [0.15, 0.2) is 67.4 Å². The Balaban J connectivity index is 1.72. The number of hydrogen-bond acceptors (Lipinski definition) is 5. The minimum atomic E-state index is -1.05. The SMILES string of the molecule is Cc1c(-n2cncn2)cccc1C(N)(CC(C)C)NC(=O)c1ccc2ncccc2c1. The minimum absolute atomic E-state index is 0.223. The van der Waals surface area contributed by atoms with Crippen molar-refractivity contribution in [3.8, 4) is 5.69 Å². The van der Waals surface area contributed by atoms with Crippen LogP contribution in [0.25, 0.3) is 16.6 Å². The van der Waals surface area contributed by atoms with Crippen LogP contribution >= 0.6 is 0 Å². The molecule has 31 heavy (non-hydrogen) atoms. The van der Waals surface area contributed by atoms with Crippen molar-refractivity contribution in [1.82, 2.24) is 25.1 Å². The third-order valence-electron chi connectivity index (χ3n) is 5.38. The van der Waals surface area contributed by atoms with Crippen LogP contribution in [0, 0.1) is 12.8 Å². The lowest BCUT2D eigenvalue weighted by atomic mass is 9.87. The monoisotopic (exact) mass is 414 g/mol. The summed E-state index contributed by atoms with van der Waals surface area (Å²) in [5.41, 5.74) is 9.92. The largest absolute Gasteiger partial charge is 0.330 e. The number of nitrogens with two attached hydrogens (primary N) is 1. The Morgan fingerprint density at radius 2 is 2.03 bits per heavy atom. The Bertz CT molecular complexity index is 1220. The zero-order valence-corrected chi connectivity index (χ0v) is 17.9. The fraction of sp³-hybridized carbons (Fsp3) is 0.250. The van der Waals surface area contributed by atoms with Gasteiger partial charge in [-0.25, -0.2) is 9.67 Å². The van der Waals surface area contributed by atoms with Crippen molar-refractivity contribution in [2.24, 2.45) is 11.7 Å². The van der Waals surface area contributed by atoms with Gasteiger partial charge in [0.2, 0.25) is 0 Å². The minimum Gasteiger partial charge on any atom is -0.330 e. The van der Waals surface area contributed by atoms with Crippen LogP contribution in [-0.4, -0.2) is 25.7 Å². The van der Waals surface area contributed by atoms with Gasteiger partial charge in [-0.15, -0.1) is 0 Å². The van der Waals surface area contributed by atoms with E-state index < -0.39 is 5.66 Å². The molecule has 158 valence electrons. The maximum atomic E-state index is 13.2. The van der Waals surface area contributed by atoms with Gasteiger partial charge in [0.15, 0.2) is 0 Å². The van der Waals surface area contributed by atoms with Gasteiger partial charge in [-0.2, -0.15) is 5.10 Å². The van der Waals surface area contributed by atoms with E-state index in [9.17, 15) is 4.79 Å². The summed E-state index contributed by atoms with van der Waals surface area (Å²) in [6.07, 6.45) is 5.46. The van der Waals surface area contributed by atoms with E-state index in [1.807, 2.05) is 49.4 Å². The third kappa shape index (κ3) is 4.18. The van der Waals surface area contributed by atoms with E-state index in [4.69, 9.17) is 5.73 Å². The van der Waals surface area contributed by atoms with Crippen LogP contribution in [0.3, 0.4) is 0 Å². The Hall–Kier alpha value is -3.58. The second-order valence-electron chi connectivity index (χ2n) is 8.22. The van der Waals surface area contributed by atoms with Gasteiger partial charge < -0.3 is 11.1 Å². The number of fused-ring (bicyclic) bond motifs is 1. The maximum absolute atomic E-state index is 13.2. The summed E-state index contributed by atoms with van der Waals surface area (Å²) in [5, 5.41) is 8.26. The van der Waals surface area contributed by atoms with Crippen LogP contribution in [0.1, 0.15) is 41.8 Å². The molecule has 0 aliphatic heterocycles. The molecule has 0 aliphatic rings. The number of rotatable bonds is 6. The van der Waals surface area contributed by atoms with Gasteiger partial charge in [-0.05, 0) is 60.7 Å². The fourth-order valence-corrected chi connectivity index (χ4v) is 4.05. The van der Waals surface area contributed by atoms with Crippen molar-refractivity contribution in [3.63, 3.8) is 0 Å². The molecule has 4 rings (SSSR count). The maximum Gasteiger partial charge on any atom is 0.252 e. The van der Waals surface area contributed by atoms with E-state index in [-0.39, 0.29) is 11.8 Å². The molecule has 1 atom stereocenters. The Morgan fingerprint density at radius 3 is 2.77 bits per heavy atom. The number of nitrogens with zero attached hydrogens (tertiary/aromatic N) is 4. The molecule has 2 aromatic carbocycles. The molecular formula is C24H26N6O. The first-order valence-electron chi connectivity index (χ1n) is 10.3. The molecule has 0 saturated carbocycles. The summed E-state index contributed by atoms with van der Waals surface area (Å²) < 4.78 is 1.70. The first kappa shape index (κ1) is 20.7. The van der Waals surface area contributed by atoms with E-state index in [1.54, 1.807) is 23.3 Å². The van der Waals surface area contributed by atoms with Crippen molar-refractivity contribution < 1.29 is 4.79 Å². The second kappa shape index (κ2) is 8.28. The summed E-state index contributed by atoms with van der Waals surface area (Å²) >= 11 is 0. The van der Waals surface area contributed by atoms with Crippen molar-refractivity contribution >= 4 is 16.8 Å². The van der Waals surface area contributed by atoms with E-state index in [0.717, 1.165) is 27.7 Å². The molecule has 4 aromatic rings. The van der Waals surface area contributed by atoms with Gasteiger partial charge in [0.05, 0.1) is 11.2 Å². The predicted molar refractivity (Wildman–Crippen MR) is 121 cm³/mol. The highest BCUT2D eigenvalue weighted by Crippen LogP contribution is 2.30. The lowest BCUT2D eigenvalue weighted by Crippen LogP contribution is -2.54. The molecule has 2 heterocycles. The first-order valence-corrected chi connectivity index (χ1v) is 10.3. The molecule has 0 spiro atoms. The number of hydrogen-bond donors (Lipinski definition) is 2. The van der Waals surface area contributed by atoms with E-state index in [2.05, 4.69) is 34.2 Å². The second-order valence-corrected chi connectivity index (χ2v) is 8.22. The number of pyridine rings is 1. The first-order chi connectivity index (χ1) is 14.9. The highest BCUT2D eigenvalue weighted by molar-refractivity contribution is 5.98. The van der Waals surface area contributed by atoms with E-state index in [0.29, 0.717) is 12.0 Å².